The number of nitro groups is 1. The molecule has 132 valence electrons. The predicted octanol–water partition coefficient (Wildman–Crippen LogP) is -1.30. The number of rotatable bonds is 5. The molecule has 1 heterocycles. The molecule has 0 fully saturated rings. The first-order valence-corrected chi connectivity index (χ1v) is 8.05. The third-order valence-corrected chi connectivity index (χ3v) is 4.15. The van der Waals surface area contributed by atoms with Crippen molar-refractivity contribution in [3.8, 4) is 0 Å². The van der Waals surface area contributed by atoms with E-state index < -0.39 is 31.2 Å². The highest BCUT2D eigenvalue weighted by atomic mass is 32.2. The summed E-state index contributed by atoms with van der Waals surface area (Å²) in [4.78, 5) is 35.1. The van der Waals surface area contributed by atoms with Crippen molar-refractivity contribution in [2.45, 2.75) is 5.03 Å². The Balaban J connectivity index is 2.27. The van der Waals surface area contributed by atoms with E-state index in [-0.39, 0.29) is 5.69 Å². The fourth-order valence-corrected chi connectivity index (χ4v) is 2.61. The Kier molecular flexibility index (Phi) is 4.78. The van der Waals surface area contributed by atoms with E-state index in [9.17, 15) is 28.1 Å². The fourth-order valence-electron chi connectivity index (χ4n) is 1.73. The second-order valence-electron chi connectivity index (χ2n) is 4.78. The minimum absolute atomic E-state index is 0.129. The first kappa shape index (κ1) is 18.0. The molecule has 0 saturated carbocycles. The normalized spacial score (nSPS) is 11.6. The Morgan fingerprint density at radius 2 is 1.84 bits per heavy atom. The summed E-state index contributed by atoms with van der Waals surface area (Å²) in [6, 6.07) is 5.17. The zero-order chi connectivity index (χ0) is 18.8. The zero-order valence-corrected chi connectivity index (χ0v) is 13.8. The average Bonchev–Trinajstić information content (AvgIpc) is 2.56. The summed E-state index contributed by atoms with van der Waals surface area (Å²) in [6.07, 6.45) is 1.09. The SMILES string of the molecule is Cn1nc(S(=O)(=O)N/N=C\c2ccc([N+](=O)[O-])cc2)c(=O)n(C)c1=O. The van der Waals surface area contributed by atoms with Crippen LogP contribution in [0.5, 0.6) is 0 Å². The molecule has 0 unspecified atom stereocenters. The maximum atomic E-state index is 12.1. The second-order valence-corrected chi connectivity index (χ2v) is 6.35. The molecule has 0 atom stereocenters. The van der Waals surface area contributed by atoms with Crippen LogP contribution in [-0.2, 0) is 24.1 Å². The van der Waals surface area contributed by atoms with Crippen molar-refractivity contribution in [3.05, 3.63) is 60.8 Å². The molecule has 0 radical (unpaired) electrons. The molecule has 0 aliphatic rings. The van der Waals surface area contributed by atoms with Gasteiger partial charge in [-0.2, -0.15) is 18.4 Å². The summed E-state index contributed by atoms with van der Waals surface area (Å²) in [6.45, 7) is 0. The van der Waals surface area contributed by atoms with Gasteiger partial charge in [0.05, 0.1) is 11.1 Å². The van der Waals surface area contributed by atoms with E-state index in [0.717, 1.165) is 13.3 Å². The van der Waals surface area contributed by atoms with Gasteiger partial charge in [0.25, 0.3) is 16.3 Å². The topological polar surface area (TPSA) is 159 Å². The van der Waals surface area contributed by atoms with E-state index in [1.165, 1.54) is 31.3 Å². The summed E-state index contributed by atoms with van der Waals surface area (Å²) >= 11 is 0. The van der Waals surface area contributed by atoms with Crippen molar-refractivity contribution >= 4 is 21.9 Å². The van der Waals surface area contributed by atoms with Crippen LogP contribution < -0.4 is 16.1 Å². The Morgan fingerprint density at radius 3 is 2.40 bits per heavy atom. The number of hydrogen-bond acceptors (Lipinski definition) is 8. The van der Waals surface area contributed by atoms with E-state index in [0.29, 0.717) is 14.8 Å². The molecule has 0 spiro atoms. The van der Waals surface area contributed by atoms with Crippen molar-refractivity contribution in [1.82, 2.24) is 19.2 Å². The predicted molar refractivity (Wildman–Crippen MR) is 85.7 cm³/mol. The van der Waals surface area contributed by atoms with Gasteiger partial charge in [-0.3, -0.25) is 19.5 Å². The van der Waals surface area contributed by atoms with Crippen molar-refractivity contribution in [1.29, 1.82) is 0 Å². The van der Waals surface area contributed by atoms with Crippen LogP contribution in [0.4, 0.5) is 5.69 Å². The van der Waals surface area contributed by atoms with Crippen LogP contribution in [-0.4, -0.2) is 33.9 Å². The first-order valence-electron chi connectivity index (χ1n) is 6.57. The lowest BCUT2D eigenvalue weighted by Crippen LogP contribution is -2.43. The van der Waals surface area contributed by atoms with Gasteiger partial charge in [-0.1, -0.05) is 0 Å². The van der Waals surface area contributed by atoms with Crippen molar-refractivity contribution < 1.29 is 13.3 Å². The molecule has 1 N–H and O–H groups in total. The van der Waals surface area contributed by atoms with Crippen molar-refractivity contribution in [3.63, 3.8) is 0 Å². The van der Waals surface area contributed by atoms with E-state index >= 15 is 0 Å². The van der Waals surface area contributed by atoms with E-state index in [2.05, 4.69) is 10.2 Å². The standard InChI is InChI=1S/C12H12N6O6S/c1-16-11(19)10(14-17(2)12(16)20)25(23,24)15-13-7-8-3-5-9(6-4-8)18(21)22/h3-7,15H,1-2H3/b13-7-. The molecule has 2 rings (SSSR count). The number of nitrogens with one attached hydrogen (secondary N) is 1. The van der Waals surface area contributed by atoms with E-state index in [4.69, 9.17) is 0 Å². The lowest BCUT2D eigenvalue weighted by molar-refractivity contribution is -0.384. The van der Waals surface area contributed by atoms with Crippen molar-refractivity contribution in [2.75, 3.05) is 0 Å². The minimum atomic E-state index is -4.40. The lowest BCUT2D eigenvalue weighted by Gasteiger charge is -2.05. The molecule has 13 heteroatoms. The highest BCUT2D eigenvalue weighted by Gasteiger charge is 2.23. The summed E-state index contributed by atoms with van der Waals surface area (Å²) in [5, 5.41) is 16.6. The zero-order valence-electron chi connectivity index (χ0n) is 13.0. The van der Waals surface area contributed by atoms with Gasteiger partial charge in [0.2, 0.25) is 0 Å². The summed E-state index contributed by atoms with van der Waals surface area (Å²) < 4.78 is 25.5. The van der Waals surface area contributed by atoms with Gasteiger partial charge in [-0.05, 0) is 17.7 Å². The Hall–Kier alpha value is -3.35. The molecule has 2 aromatic rings. The molecular weight excluding hydrogens is 356 g/mol. The van der Waals surface area contributed by atoms with Gasteiger partial charge in [0, 0.05) is 26.2 Å². The van der Waals surface area contributed by atoms with Crippen molar-refractivity contribution in [2.24, 2.45) is 19.2 Å². The summed E-state index contributed by atoms with van der Waals surface area (Å²) in [5.74, 6) is 0. The monoisotopic (exact) mass is 368 g/mol. The molecule has 1 aromatic carbocycles. The Bertz CT molecular complexity index is 1070. The Morgan fingerprint density at radius 1 is 1.24 bits per heavy atom. The summed E-state index contributed by atoms with van der Waals surface area (Å²) in [7, 11) is -2.09. The molecule has 0 bridgehead atoms. The quantitative estimate of drug-likeness (QED) is 0.390. The van der Waals surface area contributed by atoms with Gasteiger partial charge in [-0.15, -0.1) is 5.10 Å². The fraction of sp³-hybridized carbons (Fsp3) is 0.167. The van der Waals surface area contributed by atoms with Gasteiger partial charge in [0.15, 0.2) is 0 Å². The number of nitro benzene ring substituents is 1. The maximum Gasteiger partial charge on any atom is 0.346 e. The molecular formula is C12H12N6O6S. The van der Waals surface area contributed by atoms with Crippen LogP contribution >= 0.6 is 0 Å². The van der Waals surface area contributed by atoms with Crippen LogP contribution in [0.2, 0.25) is 0 Å². The van der Waals surface area contributed by atoms with Gasteiger partial charge < -0.3 is 0 Å². The van der Waals surface area contributed by atoms with Crippen LogP contribution in [0, 0.1) is 10.1 Å². The smallest absolute Gasteiger partial charge is 0.266 e. The van der Waals surface area contributed by atoms with Gasteiger partial charge in [-0.25, -0.2) is 9.48 Å². The minimum Gasteiger partial charge on any atom is -0.266 e. The number of hydrazone groups is 1. The molecule has 0 aliphatic heterocycles. The summed E-state index contributed by atoms with van der Waals surface area (Å²) in [5.41, 5.74) is -1.62. The molecule has 25 heavy (non-hydrogen) atoms. The highest BCUT2D eigenvalue weighted by Crippen LogP contribution is 2.10. The number of aryl methyl sites for hydroxylation is 1. The molecule has 12 nitrogen and oxygen atoms in total. The number of aromatic nitrogens is 3. The average molecular weight is 368 g/mol. The number of sulfonamides is 1. The third-order valence-electron chi connectivity index (χ3n) is 3.04. The van der Waals surface area contributed by atoms with Crippen LogP contribution in [0.1, 0.15) is 5.56 Å². The molecule has 1 aromatic heterocycles. The van der Waals surface area contributed by atoms with Gasteiger partial charge >= 0.3 is 15.7 Å². The van der Waals surface area contributed by atoms with Crippen LogP contribution in [0.15, 0.2) is 44.0 Å². The maximum absolute atomic E-state index is 12.1. The molecule has 0 amide bonds. The first-order chi connectivity index (χ1) is 11.6. The highest BCUT2D eigenvalue weighted by molar-refractivity contribution is 7.89. The number of hydrogen-bond donors (Lipinski definition) is 1. The van der Waals surface area contributed by atoms with Crippen LogP contribution in [0.25, 0.3) is 0 Å². The number of non-ortho nitro benzene ring substituents is 1. The number of nitrogens with zero attached hydrogens (tertiary/aromatic N) is 5. The lowest BCUT2D eigenvalue weighted by atomic mass is 10.2. The third kappa shape index (κ3) is 3.77. The van der Waals surface area contributed by atoms with Crippen LogP contribution in [0.3, 0.4) is 0 Å². The van der Waals surface area contributed by atoms with Gasteiger partial charge in [0.1, 0.15) is 0 Å². The van der Waals surface area contributed by atoms with E-state index in [1.54, 1.807) is 4.83 Å². The second kappa shape index (κ2) is 6.64. The Labute approximate surface area is 140 Å². The molecule has 0 aliphatic carbocycles. The molecule has 0 saturated heterocycles. The number of benzene rings is 1. The van der Waals surface area contributed by atoms with E-state index in [1.807, 2.05) is 0 Å². The largest absolute Gasteiger partial charge is 0.346 e.